The van der Waals surface area contributed by atoms with E-state index in [9.17, 15) is 0 Å². The molecule has 13 rings (SSSR count). The summed E-state index contributed by atoms with van der Waals surface area (Å²) in [5, 5.41) is 2.23. The van der Waals surface area contributed by atoms with Crippen molar-refractivity contribution in [3.05, 3.63) is 241 Å². The Kier molecular flexibility index (Phi) is 7.52. The van der Waals surface area contributed by atoms with Gasteiger partial charge in [-0.15, -0.1) is 0 Å². The lowest BCUT2D eigenvalue weighted by Crippen LogP contribution is -2.26. The monoisotopic (exact) mass is 788 g/mol. The number of hydrogen-bond donors (Lipinski definition) is 0. The fourth-order valence-electron chi connectivity index (χ4n) is 10.5. The van der Waals surface area contributed by atoms with E-state index in [0.717, 1.165) is 72.3 Å². The molecule has 0 saturated heterocycles. The molecule has 3 heteroatoms. The van der Waals surface area contributed by atoms with E-state index in [1.807, 2.05) is 18.2 Å². The zero-order valence-corrected chi connectivity index (χ0v) is 33.6. The Morgan fingerprint density at radius 1 is 0.306 bits per heavy atom. The molecule has 1 spiro atoms. The van der Waals surface area contributed by atoms with E-state index >= 15 is 0 Å². The van der Waals surface area contributed by atoms with E-state index in [1.54, 1.807) is 0 Å². The van der Waals surface area contributed by atoms with Crippen molar-refractivity contribution in [2.75, 3.05) is 0 Å². The zero-order valence-electron chi connectivity index (χ0n) is 33.6. The first kappa shape index (κ1) is 34.7. The molecule has 2 aliphatic rings. The molecule has 2 aromatic heterocycles. The molecule has 3 nitrogen and oxygen atoms in total. The number of furan rings is 1. The fourth-order valence-corrected chi connectivity index (χ4v) is 10.5. The second-order valence-corrected chi connectivity index (χ2v) is 16.4. The highest BCUT2D eigenvalue weighted by Crippen LogP contribution is 2.64. The number of nitrogens with zero attached hydrogens (tertiary/aromatic N) is 2. The number of para-hydroxylation sites is 1. The standard InChI is InChI=1S/C59H36N2O/c1-3-16-37(17-4-1)40-32-41(39-30-31-47-46-23-10-14-29-55(46)62-56(47)35-39)34-42(33-40)53-36-54(61-58(60-53)38-18-5-2-6-19-38)49-25-15-24-48-45-22-9-13-28-52(45)59(57(48)49)50-26-11-7-20-43(50)44-21-8-12-27-51(44)59/h1-36H. The van der Waals surface area contributed by atoms with Crippen LogP contribution in [-0.4, -0.2) is 9.97 Å². The lowest BCUT2D eigenvalue weighted by atomic mass is 9.69. The molecule has 11 aromatic rings. The minimum absolute atomic E-state index is 0.524. The van der Waals surface area contributed by atoms with Crippen molar-refractivity contribution < 1.29 is 4.42 Å². The Balaban J connectivity index is 1.07. The number of aromatic nitrogens is 2. The van der Waals surface area contributed by atoms with Crippen molar-refractivity contribution in [1.82, 2.24) is 9.97 Å². The van der Waals surface area contributed by atoms with Crippen LogP contribution in [0.5, 0.6) is 0 Å². The second kappa shape index (κ2) is 13.4. The Hall–Kier alpha value is -8.14. The number of rotatable bonds is 5. The molecule has 62 heavy (non-hydrogen) atoms. The van der Waals surface area contributed by atoms with Gasteiger partial charge in [-0.1, -0.05) is 176 Å². The summed E-state index contributed by atoms with van der Waals surface area (Å²) in [6, 6.07) is 78.5. The lowest BCUT2D eigenvalue weighted by Gasteiger charge is -2.32. The van der Waals surface area contributed by atoms with Crippen molar-refractivity contribution in [2.45, 2.75) is 5.41 Å². The molecule has 0 unspecified atom stereocenters. The van der Waals surface area contributed by atoms with Crippen molar-refractivity contribution in [3.63, 3.8) is 0 Å². The molecule has 2 aliphatic carbocycles. The molecule has 9 aromatic carbocycles. The van der Waals surface area contributed by atoms with E-state index in [0.29, 0.717) is 5.82 Å². The van der Waals surface area contributed by atoms with Crippen LogP contribution in [0.1, 0.15) is 22.3 Å². The first-order chi connectivity index (χ1) is 30.7. The van der Waals surface area contributed by atoms with Crippen LogP contribution in [0.4, 0.5) is 0 Å². The van der Waals surface area contributed by atoms with Gasteiger partial charge in [-0.2, -0.15) is 0 Å². The van der Waals surface area contributed by atoms with Crippen LogP contribution in [0.3, 0.4) is 0 Å². The summed E-state index contributed by atoms with van der Waals surface area (Å²) < 4.78 is 6.40. The van der Waals surface area contributed by atoms with Crippen molar-refractivity contribution >= 4 is 21.9 Å². The SMILES string of the molecule is c1ccc(-c2cc(-c3ccc4c(c3)oc3ccccc34)cc(-c3cc(-c4cccc5c4C4(c6ccccc6-c6ccccc64)c4ccccc4-5)nc(-c4ccccc4)n3)c2)cc1. The molecule has 0 atom stereocenters. The number of benzene rings is 9. The summed E-state index contributed by atoms with van der Waals surface area (Å²) >= 11 is 0. The predicted molar refractivity (Wildman–Crippen MR) is 253 cm³/mol. The molecular weight excluding hydrogens is 753 g/mol. The number of fused-ring (bicyclic) bond motifs is 13. The molecule has 2 heterocycles. The fraction of sp³-hybridized carbons (Fsp3) is 0.0169. The maximum atomic E-state index is 6.40. The molecule has 288 valence electrons. The van der Waals surface area contributed by atoms with Gasteiger partial charge in [0.1, 0.15) is 11.2 Å². The molecular formula is C59H36N2O. The summed E-state index contributed by atoms with van der Waals surface area (Å²) in [6.07, 6.45) is 0. The Labute approximate surface area is 359 Å². The normalized spacial score (nSPS) is 13.0. The van der Waals surface area contributed by atoms with Gasteiger partial charge >= 0.3 is 0 Å². The highest BCUT2D eigenvalue weighted by atomic mass is 16.3. The summed E-state index contributed by atoms with van der Waals surface area (Å²) in [7, 11) is 0. The summed E-state index contributed by atoms with van der Waals surface area (Å²) in [5.41, 5.74) is 20.7. The summed E-state index contributed by atoms with van der Waals surface area (Å²) in [5.74, 6) is 0.683. The van der Waals surface area contributed by atoms with Crippen LogP contribution < -0.4 is 0 Å². The van der Waals surface area contributed by atoms with Gasteiger partial charge in [0.15, 0.2) is 5.82 Å². The van der Waals surface area contributed by atoms with Gasteiger partial charge < -0.3 is 4.42 Å². The third kappa shape index (κ3) is 5.06. The Morgan fingerprint density at radius 3 is 1.53 bits per heavy atom. The Morgan fingerprint density at radius 2 is 0.823 bits per heavy atom. The quantitative estimate of drug-likeness (QED) is 0.174. The highest BCUT2D eigenvalue weighted by molar-refractivity contribution is 6.06. The predicted octanol–water partition coefficient (Wildman–Crippen LogP) is 15.1. The van der Waals surface area contributed by atoms with Crippen molar-refractivity contribution in [2.24, 2.45) is 0 Å². The van der Waals surface area contributed by atoms with E-state index in [4.69, 9.17) is 14.4 Å². The average Bonchev–Trinajstić information content (AvgIpc) is 3.98. The minimum Gasteiger partial charge on any atom is -0.456 e. The smallest absolute Gasteiger partial charge is 0.160 e. The highest BCUT2D eigenvalue weighted by Gasteiger charge is 2.52. The topological polar surface area (TPSA) is 38.9 Å². The third-order valence-corrected chi connectivity index (χ3v) is 13.1. The van der Waals surface area contributed by atoms with E-state index in [2.05, 4.69) is 200 Å². The van der Waals surface area contributed by atoms with Gasteiger partial charge in [-0.3, -0.25) is 0 Å². The first-order valence-electron chi connectivity index (χ1n) is 21.2. The third-order valence-electron chi connectivity index (χ3n) is 13.1. The van der Waals surface area contributed by atoms with Gasteiger partial charge in [0.25, 0.3) is 0 Å². The summed E-state index contributed by atoms with van der Waals surface area (Å²) in [6.45, 7) is 0. The van der Waals surface area contributed by atoms with Gasteiger partial charge in [0.05, 0.1) is 16.8 Å². The maximum absolute atomic E-state index is 6.40. The second-order valence-electron chi connectivity index (χ2n) is 16.4. The summed E-state index contributed by atoms with van der Waals surface area (Å²) in [4.78, 5) is 10.9. The molecule has 0 fully saturated rings. The molecule has 0 amide bonds. The van der Waals surface area contributed by atoms with Crippen LogP contribution in [-0.2, 0) is 5.41 Å². The molecule has 0 saturated carbocycles. The largest absolute Gasteiger partial charge is 0.456 e. The van der Waals surface area contributed by atoms with Gasteiger partial charge in [0.2, 0.25) is 0 Å². The van der Waals surface area contributed by atoms with Crippen molar-refractivity contribution in [3.8, 4) is 78.4 Å². The molecule has 0 bridgehead atoms. The molecule has 0 N–H and O–H groups in total. The van der Waals surface area contributed by atoms with Crippen LogP contribution in [0, 0.1) is 0 Å². The van der Waals surface area contributed by atoms with Gasteiger partial charge in [-0.05, 0) is 109 Å². The van der Waals surface area contributed by atoms with Gasteiger partial charge in [0, 0.05) is 27.5 Å². The molecule has 0 aliphatic heterocycles. The first-order valence-corrected chi connectivity index (χ1v) is 21.2. The molecule has 0 radical (unpaired) electrons. The van der Waals surface area contributed by atoms with E-state index in [-0.39, 0.29) is 0 Å². The van der Waals surface area contributed by atoms with Crippen LogP contribution >= 0.6 is 0 Å². The van der Waals surface area contributed by atoms with Crippen molar-refractivity contribution in [1.29, 1.82) is 0 Å². The Bertz CT molecular complexity index is 3520. The van der Waals surface area contributed by atoms with Crippen LogP contribution in [0.15, 0.2) is 223 Å². The maximum Gasteiger partial charge on any atom is 0.160 e. The van der Waals surface area contributed by atoms with E-state index in [1.165, 1.54) is 44.5 Å². The van der Waals surface area contributed by atoms with Gasteiger partial charge in [-0.25, -0.2) is 9.97 Å². The van der Waals surface area contributed by atoms with Crippen LogP contribution in [0.2, 0.25) is 0 Å². The minimum atomic E-state index is -0.524. The lowest BCUT2D eigenvalue weighted by molar-refractivity contribution is 0.669. The van der Waals surface area contributed by atoms with E-state index < -0.39 is 5.41 Å². The van der Waals surface area contributed by atoms with Crippen LogP contribution in [0.25, 0.3) is 100 Å². The number of hydrogen-bond acceptors (Lipinski definition) is 3. The average molecular weight is 789 g/mol. The zero-order chi connectivity index (χ0) is 40.8.